The molecule has 2 rings (SSSR count). The lowest BCUT2D eigenvalue weighted by Gasteiger charge is -2.06. The second kappa shape index (κ2) is 4.30. The van der Waals surface area contributed by atoms with Crippen LogP contribution >= 0.6 is 0 Å². The van der Waals surface area contributed by atoms with Crippen LogP contribution in [0, 0.1) is 11.3 Å². The van der Waals surface area contributed by atoms with Crippen LogP contribution in [-0.4, -0.2) is 11.2 Å². The molecule has 1 unspecified atom stereocenters. The minimum Gasteiger partial charge on any atom is -0.361 e. The van der Waals surface area contributed by atoms with E-state index in [1.165, 1.54) is 16.5 Å². The molecule has 1 aromatic heterocycles. The molecule has 0 radical (unpaired) electrons. The molecular weight excluding hydrogens is 184 g/mol. The van der Waals surface area contributed by atoms with Gasteiger partial charge in [-0.3, -0.25) is 0 Å². The Morgan fingerprint density at radius 3 is 2.93 bits per heavy atom. The van der Waals surface area contributed by atoms with Crippen LogP contribution in [-0.2, 0) is 6.42 Å². The number of fused-ring (bicyclic) bond motifs is 1. The number of aromatic amines is 1. The van der Waals surface area contributed by atoms with Crippen molar-refractivity contribution in [3.63, 3.8) is 0 Å². The summed E-state index contributed by atoms with van der Waals surface area (Å²) in [6, 6.07) is 8.32. The van der Waals surface area contributed by atoms with E-state index in [0.717, 1.165) is 12.8 Å². The lowest BCUT2D eigenvalue weighted by atomic mass is 9.98. The Kier molecular flexibility index (Phi) is 2.86. The Morgan fingerprint density at radius 2 is 2.20 bits per heavy atom. The van der Waals surface area contributed by atoms with Crippen molar-refractivity contribution in [2.75, 3.05) is 0 Å². The molecule has 0 bridgehead atoms. The van der Waals surface area contributed by atoms with E-state index in [1.807, 2.05) is 6.07 Å². The molecule has 0 saturated carbocycles. The summed E-state index contributed by atoms with van der Waals surface area (Å²) < 4.78 is 0. The largest absolute Gasteiger partial charge is 0.361 e. The van der Waals surface area contributed by atoms with Crippen LogP contribution in [0.1, 0.15) is 18.9 Å². The van der Waals surface area contributed by atoms with Gasteiger partial charge in [0.15, 0.2) is 0 Å². The van der Waals surface area contributed by atoms with Gasteiger partial charge in [-0.2, -0.15) is 0 Å². The van der Waals surface area contributed by atoms with Gasteiger partial charge in [0.2, 0.25) is 0 Å². The first-order chi connectivity index (χ1) is 7.35. The Labute approximate surface area is 89.8 Å². The number of hydrogen-bond donors (Lipinski definition) is 2. The molecular formula is C13H16N2. The molecule has 2 aromatic rings. The Balaban J connectivity index is 2.32. The average Bonchev–Trinajstić information content (AvgIpc) is 2.69. The fourth-order valence-corrected chi connectivity index (χ4v) is 1.90. The van der Waals surface area contributed by atoms with Gasteiger partial charge in [-0.15, -0.1) is 0 Å². The number of hydrogen-bond acceptors (Lipinski definition) is 1. The van der Waals surface area contributed by atoms with Crippen molar-refractivity contribution in [3.05, 3.63) is 36.0 Å². The summed E-state index contributed by atoms with van der Waals surface area (Å²) in [5.41, 5.74) is 2.51. The zero-order chi connectivity index (χ0) is 10.7. The third-order valence-corrected chi connectivity index (χ3v) is 2.92. The van der Waals surface area contributed by atoms with Crippen molar-refractivity contribution in [2.24, 2.45) is 5.92 Å². The maximum Gasteiger partial charge on any atom is 0.0456 e. The van der Waals surface area contributed by atoms with Gasteiger partial charge in [-0.25, -0.2) is 0 Å². The van der Waals surface area contributed by atoms with Gasteiger partial charge in [0.25, 0.3) is 0 Å². The van der Waals surface area contributed by atoms with Gasteiger partial charge in [0.1, 0.15) is 0 Å². The molecule has 0 aliphatic heterocycles. The van der Waals surface area contributed by atoms with Gasteiger partial charge in [-0.1, -0.05) is 25.1 Å². The first-order valence-electron chi connectivity index (χ1n) is 5.40. The van der Waals surface area contributed by atoms with Gasteiger partial charge >= 0.3 is 0 Å². The highest BCUT2D eigenvalue weighted by Crippen LogP contribution is 2.21. The predicted molar refractivity (Wildman–Crippen MR) is 64.6 cm³/mol. The lowest BCUT2D eigenvalue weighted by molar-refractivity contribution is 0.675. The van der Waals surface area contributed by atoms with Gasteiger partial charge < -0.3 is 10.4 Å². The topological polar surface area (TPSA) is 39.6 Å². The number of aromatic nitrogens is 1. The molecule has 1 atom stereocenters. The molecule has 15 heavy (non-hydrogen) atoms. The zero-order valence-electron chi connectivity index (χ0n) is 8.96. The monoisotopic (exact) mass is 200 g/mol. The summed E-state index contributed by atoms with van der Waals surface area (Å²) in [7, 11) is 0. The molecule has 2 N–H and O–H groups in total. The summed E-state index contributed by atoms with van der Waals surface area (Å²) in [6.45, 7) is 2.13. The SMILES string of the molecule is CCC(C=N)Cc1c[nH]c2ccccc12. The van der Waals surface area contributed by atoms with E-state index in [4.69, 9.17) is 5.41 Å². The number of nitrogens with one attached hydrogen (secondary N) is 2. The molecule has 2 heteroatoms. The van der Waals surface area contributed by atoms with Crippen molar-refractivity contribution >= 4 is 17.1 Å². The highest BCUT2D eigenvalue weighted by Gasteiger charge is 2.08. The lowest BCUT2D eigenvalue weighted by Crippen LogP contribution is -2.03. The number of H-pyrrole nitrogens is 1. The van der Waals surface area contributed by atoms with E-state index in [0.29, 0.717) is 5.92 Å². The number of benzene rings is 1. The minimum absolute atomic E-state index is 0.365. The van der Waals surface area contributed by atoms with Crippen molar-refractivity contribution in [3.8, 4) is 0 Å². The molecule has 0 aliphatic carbocycles. The van der Waals surface area contributed by atoms with Crippen LogP contribution in [0.25, 0.3) is 10.9 Å². The fraction of sp³-hybridized carbons (Fsp3) is 0.308. The third kappa shape index (κ3) is 1.94. The second-order valence-corrected chi connectivity index (χ2v) is 3.90. The van der Waals surface area contributed by atoms with E-state index in [1.54, 1.807) is 6.21 Å². The highest BCUT2D eigenvalue weighted by molar-refractivity contribution is 5.83. The van der Waals surface area contributed by atoms with Gasteiger partial charge in [-0.05, 0) is 36.6 Å². The second-order valence-electron chi connectivity index (χ2n) is 3.90. The molecule has 2 nitrogen and oxygen atoms in total. The molecule has 0 amide bonds. The summed E-state index contributed by atoms with van der Waals surface area (Å²) >= 11 is 0. The highest BCUT2D eigenvalue weighted by atomic mass is 14.7. The van der Waals surface area contributed by atoms with E-state index in [9.17, 15) is 0 Å². The summed E-state index contributed by atoms with van der Waals surface area (Å²) in [5, 5.41) is 8.62. The Hall–Kier alpha value is -1.57. The van der Waals surface area contributed by atoms with Gasteiger partial charge in [0, 0.05) is 17.1 Å². The normalized spacial score (nSPS) is 12.9. The van der Waals surface area contributed by atoms with E-state index >= 15 is 0 Å². The number of rotatable bonds is 4. The van der Waals surface area contributed by atoms with Crippen molar-refractivity contribution in [1.82, 2.24) is 4.98 Å². The summed E-state index contributed by atoms with van der Waals surface area (Å²) in [4.78, 5) is 3.27. The Morgan fingerprint density at radius 1 is 1.40 bits per heavy atom. The summed E-state index contributed by atoms with van der Waals surface area (Å²) in [6.07, 6.45) is 5.62. The van der Waals surface area contributed by atoms with E-state index in [2.05, 4.69) is 36.3 Å². The maximum absolute atomic E-state index is 7.34. The molecule has 78 valence electrons. The smallest absolute Gasteiger partial charge is 0.0456 e. The van der Waals surface area contributed by atoms with Gasteiger partial charge in [0.05, 0.1) is 0 Å². The summed E-state index contributed by atoms with van der Waals surface area (Å²) in [5.74, 6) is 0.365. The predicted octanol–water partition coefficient (Wildman–Crippen LogP) is 3.39. The molecule has 0 spiro atoms. The molecule has 1 aromatic carbocycles. The van der Waals surface area contributed by atoms with E-state index < -0.39 is 0 Å². The standard InChI is InChI=1S/C13H16N2/c1-2-10(8-14)7-11-9-15-13-6-4-3-5-12(11)13/h3-6,8-10,14-15H,2,7H2,1H3. The van der Waals surface area contributed by atoms with Crippen LogP contribution in [0.4, 0.5) is 0 Å². The van der Waals surface area contributed by atoms with E-state index in [-0.39, 0.29) is 0 Å². The van der Waals surface area contributed by atoms with Crippen molar-refractivity contribution in [2.45, 2.75) is 19.8 Å². The van der Waals surface area contributed by atoms with Crippen molar-refractivity contribution in [1.29, 1.82) is 5.41 Å². The molecule has 0 fully saturated rings. The average molecular weight is 200 g/mol. The third-order valence-electron chi connectivity index (χ3n) is 2.92. The first-order valence-corrected chi connectivity index (χ1v) is 5.40. The quantitative estimate of drug-likeness (QED) is 0.710. The molecule has 0 aliphatic rings. The van der Waals surface area contributed by atoms with Crippen LogP contribution in [0.15, 0.2) is 30.5 Å². The van der Waals surface area contributed by atoms with Crippen LogP contribution < -0.4 is 0 Å². The number of para-hydroxylation sites is 1. The van der Waals surface area contributed by atoms with Crippen LogP contribution in [0.3, 0.4) is 0 Å². The van der Waals surface area contributed by atoms with Crippen LogP contribution in [0.5, 0.6) is 0 Å². The molecule has 0 saturated heterocycles. The molecule has 1 heterocycles. The van der Waals surface area contributed by atoms with Crippen molar-refractivity contribution < 1.29 is 0 Å². The fourth-order valence-electron chi connectivity index (χ4n) is 1.90. The van der Waals surface area contributed by atoms with Crippen LogP contribution in [0.2, 0.25) is 0 Å². The Bertz CT molecular complexity index is 456. The maximum atomic E-state index is 7.34. The minimum atomic E-state index is 0.365. The first kappa shape index (κ1) is 9.97. The zero-order valence-corrected chi connectivity index (χ0v) is 8.96.